The number of rotatable bonds is 6. The number of sulfone groups is 1. The SMILES string of the molecule is CS(=O)(=O)c1ccc(-n2ncc3c(OC4CCN(c5cccc(OC(F)(F)F)c5)CC4)ncnc32)c(F)c1. The zero-order chi connectivity index (χ0) is 27.1. The third-order valence-corrected chi connectivity index (χ3v) is 7.15. The summed E-state index contributed by atoms with van der Waals surface area (Å²) in [5, 5.41) is 4.64. The smallest absolute Gasteiger partial charge is 0.474 e. The normalized spacial score (nSPS) is 15.1. The van der Waals surface area contributed by atoms with Crippen LogP contribution in [0, 0.1) is 5.82 Å². The zero-order valence-corrected chi connectivity index (χ0v) is 20.7. The lowest BCUT2D eigenvalue weighted by atomic mass is 10.1. The Morgan fingerprint density at radius 3 is 2.50 bits per heavy atom. The molecule has 200 valence electrons. The average Bonchev–Trinajstić information content (AvgIpc) is 3.28. The number of aromatic nitrogens is 4. The molecule has 0 N–H and O–H groups in total. The number of hydrogen-bond acceptors (Lipinski definition) is 8. The van der Waals surface area contributed by atoms with Crippen molar-refractivity contribution in [3.8, 4) is 17.3 Å². The second-order valence-electron chi connectivity index (χ2n) is 8.71. The summed E-state index contributed by atoms with van der Waals surface area (Å²) in [6, 6.07) is 9.34. The Morgan fingerprint density at radius 1 is 1.05 bits per heavy atom. The Balaban J connectivity index is 1.30. The van der Waals surface area contributed by atoms with Crippen molar-refractivity contribution in [2.24, 2.45) is 0 Å². The minimum Gasteiger partial charge on any atom is -0.474 e. The molecule has 5 rings (SSSR count). The van der Waals surface area contributed by atoms with E-state index in [0.29, 0.717) is 37.0 Å². The van der Waals surface area contributed by atoms with Crippen LogP contribution in [0.4, 0.5) is 23.2 Å². The largest absolute Gasteiger partial charge is 0.573 e. The van der Waals surface area contributed by atoms with E-state index >= 15 is 0 Å². The molecular weight excluding hydrogens is 530 g/mol. The summed E-state index contributed by atoms with van der Waals surface area (Å²) < 4.78 is 87.2. The van der Waals surface area contributed by atoms with E-state index in [9.17, 15) is 26.0 Å². The molecule has 1 fully saturated rings. The van der Waals surface area contributed by atoms with E-state index in [-0.39, 0.29) is 34.0 Å². The molecule has 0 unspecified atom stereocenters. The van der Waals surface area contributed by atoms with Crippen molar-refractivity contribution in [3.63, 3.8) is 0 Å². The minimum absolute atomic E-state index is 0.0158. The van der Waals surface area contributed by atoms with Crippen LogP contribution in [0.3, 0.4) is 0 Å². The van der Waals surface area contributed by atoms with E-state index in [0.717, 1.165) is 12.3 Å². The van der Waals surface area contributed by atoms with Gasteiger partial charge in [-0.2, -0.15) is 5.10 Å². The van der Waals surface area contributed by atoms with Crippen LogP contribution in [0.2, 0.25) is 0 Å². The highest BCUT2D eigenvalue weighted by molar-refractivity contribution is 7.90. The van der Waals surface area contributed by atoms with Gasteiger partial charge in [0.05, 0.1) is 11.1 Å². The summed E-state index contributed by atoms with van der Waals surface area (Å²) in [7, 11) is -3.58. The quantitative estimate of drug-likeness (QED) is 0.327. The number of nitrogens with zero attached hydrogens (tertiary/aromatic N) is 5. The van der Waals surface area contributed by atoms with Gasteiger partial charge in [0.1, 0.15) is 35.1 Å². The molecule has 0 spiro atoms. The first kappa shape index (κ1) is 25.7. The van der Waals surface area contributed by atoms with Gasteiger partial charge in [-0.1, -0.05) is 6.07 Å². The summed E-state index contributed by atoms with van der Waals surface area (Å²) in [5.41, 5.74) is 0.904. The van der Waals surface area contributed by atoms with Crippen molar-refractivity contribution in [2.75, 3.05) is 24.2 Å². The first-order chi connectivity index (χ1) is 18.0. The summed E-state index contributed by atoms with van der Waals surface area (Å²) in [6.07, 6.45) is -0.145. The van der Waals surface area contributed by atoms with Gasteiger partial charge >= 0.3 is 6.36 Å². The van der Waals surface area contributed by atoms with Crippen LogP contribution in [-0.4, -0.2) is 60.0 Å². The van der Waals surface area contributed by atoms with E-state index in [1.807, 2.05) is 4.90 Å². The highest BCUT2D eigenvalue weighted by Crippen LogP contribution is 2.31. The standard InChI is InChI=1S/C24H21F4N5O4S/c1-38(34,35)18-5-6-21(20(25)12-18)33-22-19(13-31-33)23(30-14-29-22)36-16-7-9-32(10-8-16)15-3-2-4-17(11-15)37-24(26,27)28/h2-6,11-14,16H,7-10H2,1H3. The van der Waals surface area contributed by atoms with Crippen molar-refractivity contribution < 1.29 is 35.5 Å². The molecule has 0 bridgehead atoms. The number of anilines is 1. The van der Waals surface area contributed by atoms with E-state index in [1.54, 1.807) is 6.07 Å². The first-order valence-electron chi connectivity index (χ1n) is 11.4. The van der Waals surface area contributed by atoms with Crippen molar-refractivity contribution in [1.82, 2.24) is 19.7 Å². The number of ether oxygens (including phenoxy) is 2. The Kier molecular flexibility index (Phi) is 6.59. The van der Waals surface area contributed by atoms with Gasteiger partial charge in [-0.3, -0.25) is 0 Å². The number of benzene rings is 2. The van der Waals surface area contributed by atoms with Crippen LogP contribution in [0.15, 0.2) is 59.9 Å². The average molecular weight is 552 g/mol. The molecule has 38 heavy (non-hydrogen) atoms. The number of alkyl halides is 3. The molecule has 1 saturated heterocycles. The molecule has 0 atom stereocenters. The maximum absolute atomic E-state index is 14.8. The summed E-state index contributed by atoms with van der Waals surface area (Å²) in [5.74, 6) is -0.805. The third kappa shape index (κ3) is 5.49. The molecule has 4 aromatic rings. The van der Waals surface area contributed by atoms with Crippen LogP contribution >= 0.6 is 0 Å². The molecule has 2 aromatic carbocycles. The lowest BCUT2D eigenvalue weighted by Gasteiger charge is -2.33. The zero-order valence-electron chi connectivity index (χ0n) is 19.9. The first-order valence-corrected chi connectivity index (χ1v) is 13.3. The Labute approximate surface area is 214 Å². The van der Waals surface area contributed by atoms with Gasteiger partial charge in [0, 0.05) is 43.9 Å². The van der Waals surface area contributed by atoms with Crippen LogP contribution < -0.4 is 14.4 Å². The molecule has 3 heterocycles. The summed E-state index contributed by atoms with van der Waals surface area (Å²) >= 11 is 0. The Morgan fingerprint density at radius 2 is 1.82 bits per heavy atom. The number of hydrogen-bond donors (Lipinski definition) is 0. The maximum atomic E-state index is 14.8. The van der Waals surface area contributed by atoms with E-state index in [2.05, 4.69) is 19.8 Å². The molecule has 2 aromatic heterocycles. The van der Waals surface area contributed by atoms with Crippen LogP contribution in [0.25, 0.3) is 16.7 Å². The van der Waals surface area contributed by atoms with Gasteiger partial charge in [-0.15, -0.1) is 13.2 Å². The van der Waals surface area contributed by atoms with Gasteiger partial charge in [0.2, 0.25) is 5.88 Å². The highest BCUT2D eigenvalue weighted by atomic mass is 32.2. The van der Waals surface area contributed by atoms with Crippen LogP contribution in [0.1, 0.15) is 12.8 Å². The molecule has 1 aliphatic rings. The third-order valence-electron chi connectivity index (χ3n) is 6.04. The molecule has 14 heteroatoms. The molecule has 0 aliphatic carbocycles. The number of piperidine rings is 1. The second-order valence-corrected chi connectivity index (χ2v) is 10.7. The van der Waals surface area contributed by atoms with Gasteiger partial charge in [-0.05, 0) is 30.3 Å². The van der Waals surface area contributed by atoms with E-state index in [1.165, 1.54) is 47.5 Å². The molecule has 1 aliphatic heterocycles. The van der Waals surface area contributed by atoms with Gasteiger partial charge in [0.15, 0.2) is 15.5 Å². The minimum atomic E-state index is -4.76. The maximum Gasteiger partial charge on any atom is 0.573 e. The van der Waals surface area contributed by atoms with Crippen molar-refractivity contribution in [2.45, 2.75) is 30.2 Å². The van der Waals surface area contributed by atoms with Gasteiger partial charge < -0.3 is 14.4 Å². The lowest BCUT2D eigenvalue weighted by molar-refractivity contribution is -0.274. The molecule has 9 nitrogen and oxygen atoms in total. The topological polar surface area (TPSA) is 99.4 Å². The molecule has 0 radical (unpaired) electrons. The Hall–Kier alpha value is -3.94. The van der Waals surface area contributed by atoms with Gasteiger partial charge in [-0.25, -0.2) is 27.5 Å². The molecule has 0 amide bonds. The predicted octanol–water partition coefficient (Wildman–Crippen LogP) is 4.30. The second kappa shape index (κ2) is 9.74. The van der Waals surface area contributed by atoms with Gasteiger partial charge in [0.25, 0.3) is 0 Å². The molecular formula is C24H21F4N5O4S. The lowest BCUT2D eigenvalue weighted by Crippen LogP contribution is -2.38. The monoisotopic (exact) mass is 551 g/mol. The highest BCUT2D eigenvalue weighted by Gasteiger charge is 2.31. The summed E-state index contributed by atoms with van der Waals surface area (Å²) in [4.78, 5) is 10.2. The van der Waals surface area contributed by atoms with Crippen LogP contribution in [0.5, 0.6) is 11.6 Å². The van der Waals surface area contributed by atoms with Crippen molar-refractivity contribution >= 4 is 26.6 Å². The van der Waals surface area contributed by atoms with Crippen LogP contribution in [-0.2, 0) is 9.84 Å². The fourth-order valence-electron chi connectivity index (χ4n) is 4.25. The summed E-state index contributed by atoms with van der Waals surface area (Å²) in [6.45, 7) is 1.07. The predicted molar refractivity (Wildman–Crippen MR) is 129 cm³/mol. The van der Waals surface area contributed by atoms with E-state index < -0.39 is 22.0 Å². The number of halogens is 4. The van der Waals surface area contributed by atoms with Crippen molar-refractivity contribution in [1.29, 1.82) is 0 Å². The fraction of sp³-hybridized carbons (Fsp3) is 0.292. The number of fused-ring (bicyclic) bond motifs is 1. The van der Waals surface area contributed by atoms with Crippen molar-refractivity contribution in [3.05, 3.63) is 60.8 Å². The Bertz CT molecular complexity index is 1580. The molecule has 0 saturated carbocycles. The van der Waals surface area contributed by atoms with E-state index in [4.69, 9.17) is 4.74 Å². The fourth-order valence-corrected chi connectivity index (χ4v) is 4.88.